The molecule has 0 saturated carbocycles. The van der Waals surface area contributed by atoms with Crippen molar-refractivity contribution >= 4 is 17.6 Å². The van der Waals surface area contributed by atoms with E-state index in [1.54, 1.807) is 0 Å². The number of nitrogens with zero attached hydrogens (tertiary/aromatic N) is 3. The molecular weight excluding hydrogens is 254 g/mol. The van der Waals surface area contributed by atoms with E-state index >= 15 is 0 Å². The fraction of sp³-hybridized carbons (Fsp3) is 0.417. The summed E-state index contributed by atoms with van der Waals surface area (Å²) in [6.45, 7) is 7.45. The van der Waals surface area contributed by atoms with Gasteiger partial charge in [-0.3, -0.25) is 4.68 Å². The minimum atomic E-state index is -0.630. The number of hydrogen-bond donors (Lipinski definition) is 0. The van der Waals surface area contributed by atoms with Crippen LogP contribution in [0.5, 0.6) is 0 Å². The topological polar surface area (TPSA) is 67.9 Å². The van der Waals surface area contributed by atoms with Gasteiger partial charge in [0.2, 0.25) is 0 Å². The van der Waals surface area contributed by atoms with E-state index < -0.39 is 5.97 Å². The SMILES string of the molecule is C=C(Cl)[C@H](C)[C@@H](C)n1cc(C#N)c(C(=O)OC)n1. The van der Waals surface area contributed by atoms with Crippen molar-refractivity contribution < 1.29 is 9.53 Å². The number of methoxy groups -OCH3 is 1. The van der Waals surface area contributed by atoms with Gasteiger partial charge >= 0.3 is 5.97 Å². The van der Waals surface area contributed by atoms with Crippen molar-refractivity contribution in [2.75, 3.05) is 7.11 Å². The van der Waals surface area contributed by atoms with Crippen molar-refractivity contribution in [3.05, 3.63) is 29.1 Å². The second-order valence-corrected chi connectivity index (χ2v) is 4.44. The number of carbonyl (C=O) groups is 1. The van der Waals surface area contributed by atoms with Crippen LogP contribution in [0.15, 0.2) is 17.8 Å². The first-order valence-corrected chi connectivity index (χ1v) is 5.72. The molecule has 2 atom stereocenters. The second-order valence-electron chi connectivity index (χ2n) is 3.95. The van der Waals surface area contributed by atoms with E-state index in [4.69, 9.17) is 16.9 Å². The third-order valence-electron chi connectivity index (χ3n) is 2.87. The van der Waals surface area contributed by atoms with Crippen LogP contribution in [0.25, 0.3) is 0 Å². The minimum absolute atomic E-state index is 0.0132. The van der Waals surface area contributed by atoms with Gasteiger partial charge in [-0.2, -0.15) is 10.4 Å². The Labute approximate surface area is 111 Å². The summed E-state index contributed by atoms with van der Waals surface area (Å²) in [6.07, 6.45) is 1.51. The van der Waals surface area contributed by atoms with E-state index in [0.717, 1.165) is 0 Å². The summed E-state index contributed by atoms with van der Waals surface area (Å²) in [5.41, 5.74) is 0.195. The molecule has 1 aromatic rings. The van der Waals surface area contributed by atoms with Gasteiger partial charge < -0.3 is 4.74 Å². The van der Waals surface area contributed by atoms with Crippen LogP contribution in [-0.2, 0) is 4.74 Å². The average molecular weight is 268 g/mol. The first-order valence-electron chi connectivity index (χ1n) is 5.34. The molecule has 0 amide bonds. The van der Waals surface area contributed by atoms with Crippen LogP contribution in [0.2, 0.25) is 0 Å². The van der Waals surface area contributed by atoms with Gasteiger partial charge in [0, 0.05) is 17.1 Å². The predicted octanol–water partition coefficient (Wildman–Crippen LogP) is 2.49. The summed E-state index contributed by atoms with van der Waals surface area (Å²) in [4.78, 5) is 11.4. The van der Waals surface area contributed by atoms with Crippen LogP contribution in [0, 0.1) is 17.2 Å². The molecule has 0 spiro atoms. The summed E-state index contributed by atoms with van der Waals surface area (Å²) in [5.74, 6) is -0.668. The molecule has 0 aromatic carbocycles. The number of rotatable bonds is 4. The fourth-order valence-corrected chi connectivity index (χ4v) is 1.60. The zero-order valence-electron chi connectivity index (χ0n) is 10.5. The van der Waals surface area contributed by atoms with E-state index in [1.165, 1.54) is 18.0 Å². The molecule has 0 fully saturated rings. The molecule has 5 nitrogen and oxygen atoms in total. The normalized spacial score (nSPS) is 13.5. The van der Waals surface area contributed by atoms with E-state index in [1.807, 2.05) is 19.9 Å². The highest BCUT2D eigenvalue weighted by molar-refractivity contribution is 6.29. The first-order chi connectivity index (χ1) is 8.42. The van der Waals surface area contributed by atoms with Crippen LogP contribution < -0.4 is 0 Å². The maximum absolute atomic E-state index is 11.4. The number of carbonyl (C=O) groups excluding carboxylic acids is 1. The standard InChI is InChI=1S/C12H14ClN3O2/c1-7(8(2)13)9(3)16-6-10(5-14)11(15-16)12(17)18-4/h6-7,9H,2H2,1,3-4H3/t7-,9+/m0/s1. The Hall–Kier alpha value is -1.80. The van der Waals surface area contributed by atoms with Crippen molar-refractivity contribution in [3.8, 4) is 6.07 Å². The second kappa shape index (κ2) is 5.69. The summed E-state index contributed by atoms with van der Waals surface area (Å²) in [5, 5.41) is 13.5. The van der Waals surface area contributed by atoms with Crippen LogP contribution in [-0.4, -0.2) is 22.9 Å². The Morgan fingerprint density at radius 3 is 2.72 bits per heavy atom. The lowest BCUT2D eigenvalue weighted by atomic mass is 10.0. The van der Waals surface area contributed by atoms with E-state index in [2.05, 4.69) is 16.4 Å². The van der Waals surface area contributed by atoms with Crippen LogP contribution in [0.3, 0.4) is 0 Å². The zero-order chi connectivity index (χ0) is 13.9. The van der Waals surface area contributed by atoms with Crippen molar-refractivity contribution in [1.29, 1.82) is 5.26 Å². The molecule has 6 heteroatoms. The molecule has 0 N–H and O–H groups in total. The van der Waals surface area contributed by atoms with Gasteiger partial charge in [0.1, 0.15) is 11.6 Å². The quantitative estimate of drug-likeness (QED) is 0.786. The molecule has 18 heavy (non-hydrogen) atoms. The lowest BCUT2D eigenvalue weighted by molar-refractivity contribution is 0.0592. The highest BCUT2D eigenvalue weighted by Crippen LogP contribution is 2.26. The molecule has 96 valence electrons. The molecule has 1 heterocycles. The van der Waals surface area contributed by atoms with Crippen molar-refractivity contribution in [2.24, 2.45) is 5.92 Å². The van der Waals surface area contributed by atoms with Crippen molar-refractivity contribution in [1.82, 2.24) is 9.78 Å². The molecule has 0 radical (unpaired) electrons. The lowest BCUT2D eigenvalue weighted by Crippen LogP contribution is -2.15. The number of esters is 1. The molecule has 1 aromatic heterocycles. The number of hydrogen-bond acceptors (Lipinski definition) is 4. The number of aromatic nitrogens is 2. The highest BCUT2D eigenvalue weighted by Gasteiger charge is 2.22. The highest BCUT2D eigenvalue weighted by atomic mass is 35.5. The fourth-order valence-electron chi connectivity index (χ4n) is 1.42. The molecule has 0 saturated heterocycles. The number of nitriles is 1. The van der Waals surface area contributed by atoms with E-state index in [0.29, 0.717) is 5.03 Å². The van der Waals surface area contributed by atoms with Crippen molar-refractivity contribution in [3.63, 3.8) is 0 Å². The Kier molecular flexibility index (Phi) is 4.51. The molecule has 0 aliphatic rings. The predicted molar refractivity (Wildman–Crippen MR) is 67.1 cm³/mol. The molecule has 1 rings (SSSR count). The van der Waals surface area contributed by atoms with Gasteiger partial charge in [-0.25, -0.2) is 4.79 Å². The summed E-state index contributed by atoms with van der Waals surface area (Å²) >= 11 is 5.85. The first kappa shape index (κ1) is 14.3. The molecule has 0 aliphatic carbocycles. The maximum atomic E-state index is 11.4. The Bertz CT molecular complexity index is 516. The van der Waals surface area contributed by atoms with E-state index in [9.17, 15) is 4.79 Å². The van der Waals surface area contributed by atoms with Gasteiger partial charge in [-0.05, 0) is 6.92 Å². The summed E-state index contributed by atoms with van der Waals surface area (Å²) < 4.78 is 6.10. The van der Waals surface area contributed by atoms with Gasteiger partial charge in [-0.1, -0.05) is 25.1 Å². The van der Waals surface area contributed by atoms with Gasteiger partial charge in [0.15, 0.2) is 5.69 Å². The summed E-state index contributed by atoms with van der Waals surface area (Å²) in [7, 11) is 1.25. The number of allylic oxidation sites excluding steroid dienone is 1. The van der Waals surface area contributed by atoms with Crippen LogP contribution >= 0.6 is 11.6 Å². The molecule has 0 aliphatic heterocycles. The van der Waals surface area contributed by atoms with Crippen molar-refractivity contribution in [2.45, 2.75) is 19.9 Å². The largest absolute Gasteiger partial charge is 0.464 e. The Morgan fingerprint density at radius 2 is 2.28 bits per heavy atom. The van der Waals surface area contributed by atoms with Gasteiger partial charge in [0.05, 0.1) is 13.2 Å². The maximum Gasteiger partial charge on any atom is 0.359 e. The van der Waals surface area contributed by atoms with E-state index in [-0.39, 0.29) is 23.2 Å². The van der Waals surface area contributed by atoms with Gasteiger partial charge in [0.25, 0.3) is 0 Å². The van der Waals surface area contributed by atoms with Gasteiger partial charge in [-0.15, -0.1) is 0 Å². The molecule has 0 bridgehead atoms. The lowest BCUT2D eigenvalue weighted by Gasteiger charge is -2.19. The number of halogens is 1. The molecule has 0 unspecified atom stereocenters. The third kappa shape index (κ3) is 2.71. The number of ether oxygens (including phenoxy) is 1. The third-order valence-corrected chi connectivity index (χ3v) is 3.21. The molecular formula is C12H14ClN3O2. The zero-order valence-corrected chi connectivity index (χ0v) is 11.2. The average Bonchev–Trinajstić information content (AvgIpc) is 2.79. The Balaban J connectivity index is 3.13. The summed E-state index contributed by atoms with van der Waals surface area (Å²) in [6, 6.07) is 1.80. The van der Waals surface area contributed by atoms with Crippen LogP contribution in [0.4, 0.5) is 0 Å². The monoisotopic (exact) mass is 267 g/mol. The van der Waals surface area contributed by atoms with Crippen LogP contribution in [0.1, 0.15) is 35.9 Å². The minimum Gasteiger partial charge on any atom is -0.464 e. The Morgan fingerprint density at radius 1 is 1.67 bits per heavy atom. The smallest absolute Gasteiger partial charge is 0.359 e.